The first-order valence-corrected chi connectivity index (χ1v) is 7.99. The van der Waals surface area contributed by atoms with Gasteiger partial charge in [-0.3, -0.25) is 0 Å². The van der Waals surface area contributed by atoms with Crippen molar-refractivity contribution < 1.29 is 13.9 Å². The van der Waals surface area contributed by atoms with E-state index >= 15 is 0 Å². The predicted octanol–water partition coefficient (Wildman–Crippen LogP) is 3.59. The zero-order chi connectivity index (χ0) is 16.1. The molecule has 23 heavy (non-hydrogen) atoms. The van der Waals surface area contributed by atoms with Crippen LogP contribution in [0.4, 0.5) is 5.82 Å². The average molecular weight is 329 g/mol. The first kappa shape index (κ1) is 15.2. The van der Waals surface area contributed by atoms with Gasteiger partial charge in [-0.25, -0.2) is 14.8 Å². The normalized spacial score (nSPS) is 10.5. The van der Waals surface area contributed by atoms with Crippen LogP contribution in [0.25, 0.3) is 10.8 Å². The molecule has 3 aromatic rings. The van der Waals surface area contributed by atoms with E-state index in [0.717, 1.165) is 10.6 Å². The summed E-state index contributed by atoms with van der Waals surface area (Å²) in [5, 5.41) is 5.11. The summed E-state index contributed by atoms with van der Waals surface area (Å²) >= 11 is 1.58. The molecule has 1 N–H and O–H groups in total. The van der Waals surface area contributed by atoms with Crippen LogP contribution in [0, 0.1) is 0 Å². The van der Waals surface area contributed by atoms with E-state index < -0.39 is 0 Å². The molecule has 7 heteroatoms. The van der Waals surface area contributed by atoms with Crippen LogP contribution in [0.5, 0.6) is 0 Å². The quantitative estimate of drug-likeness (QED) is 0.696. The Hall–Kier alpha value is -2.67. The van der Waals surface area contributed by atoms with E-state index in [-0.39, 0.29) is 5.97 Å². The van der Waals surface area contributed by atoms with Gasteiger partial charge in [0.1, 0.15) is 12.1 Å². The lowest BCUT2D eigenvalue weighted by atomic mass is 10.3. The van der Waals surface area contributed by atoms with Crippen LogP contribution in [0.15, 0.2) is 46.5 Å². The zero-order valence-electron chi connectivity index (χ0n) is 12.5. The van der Waals surface area contributed by atoms with Gasteiger partial charge in [0.15, 0.2) is 0 Å². The third-order valence-corrected chi connectivity index (χ3v) is 3.87. The number of carbonyl (C=O) groups is 1. The van der Waals surface area contributed by atoms with E-state index in [0.29, 0.717) is 30.4 Å². The highest BCUT2D eigenvalue weighted by Crippen LogP contribution is 2.23. The molecule has 0 amide bonds. The summed E-state index contributed by atoms with van der Waals surface area (Å²) in [6.07, 6.45) is 3.11. The SMILES string of the molecule is CCOC(=O)c1ccc(NCc2coc(-c3cccs3)n2)nc1. The second kappa shape index (κ2) is 7.06. The standard InChI is InChI=1S/C16H15N3O3S/c1-2-21-16(20)11-5-6-14(17-8-11)18-9-12-10-22-15(19-12)13-4-3-7-23-13/h3-8,10H,2,9H2,1H3,(H,17,18). The highest BCUT2D eigenvalue weighted by molar-refractivity contribution is 7.13. The molecule has 0 fully saturated rings. The van der Waals surface area contributed by atoms with Crippen LogP contribution < -0.4 is 5.32 Å². The Bertz CT molecular complexity index is 766. The number of thiophene rings is 1. The van der Waals surface area contributed by atoms with Crippen molar-refractivity contribution in [1.82, 2.24) is 9.97 Å². The van der Waals surface area contributed by atoms with Crippen molar-refractivity contribution in [3.05, 3.63) is 53.4 Å². The minimum absolute atomic E-state index is 0.345. The minimum Gasteiger partial charge on any atom is -0.462 e. The van der Waals surface area contributed by atoms with E-state index in [4.69, 9.17) is 9.15 Å². The summed E-state index contributed by atoms with van der Waals surface area (Å²) in [4.78, 5) is 21.1. The minimum atomic E-state index is -0.372. The molecule has 0 saturated carbocycles. The Morgan fingerprint density at radius 2 is 2.30 bits per heavy atom. The van der Waals surface area contributed by atoms with Crippen molar-refractivity contribution in [2.24, 2.45) is 0 Å². The lowest BCUT2D eigenvalue weighted by molar-refractivity contribution is 0.0526. The van der Waals surface area contributed by atoms with Gasteiger partial charge in [0.25, 0.3) is 0 Å². The highest BCUT2D eigenvalue weighted by Gasteiger charge is 2.09. The van der Waals surface area contributed by atoms with Gasteiger partial charge in [-0.1, -0.05) is 6.07 Å². The molecule has 3 heterocycles. The van der Waals surface area contributed by atoms with Gasteiger partial charge in [0, 0.05) is 6.20 Å². The van der Waals surface area contributed by atoms with E-state index in [1.165, 1.54) is 6.20 Å². The second-order valence-corrected chi connectivity index (χ2v) is 5.58. The number of anilines is 1. The number of oxazole rings is 1. The fourth-order valence-corrected chi connectivity index (χ4v) is 2.57. The Kier molecular flexibility index (Phi) is 4.68. The van der Waals surface area contributed by atoms with Crippen molar-refractivity contribution in [2.45, 2.75) is 13.5 Å². The van der Waals surface area contributed by atoms with Crippen molar-refractivity contribution in [3.63, 3.8) is 0 Å². The maximum atomic E-state index is 11.5. The number of nitrogens with zero attached hydrogens (tertiary/aromatic N) is 2. The first-order chi connectivity index (χ1) is 11.3. The summed E-state index contributed by atoms with van der Waals surface area (Å²) in [6, 6.07) is 7.32. The summed E-state index contributed by atoms with van der Waals surface area (Å²) in [6.45, 7) is 2.60. The van der Waals surface area contributed by atoms with Gasteiger partial charge in [0.2, 0.25) is 5.89 Å². The molecule has 0 unspecified atom stereocenters. The number of esters is 1. The molecule has 0 saturated heterocycles. The van der Waals surface area contributed by atoms with Gasteiger partial charge in [-0.15, -0.1) is 11.3 Å². The number of rotatable bonds is 6. The van der Waals surface area contributed by atoms with Gasteiger partial charge in [-0.05, 0) is 30.5 Å². The maximum absolute atomic E-state index is 11.5. The van der Waals surface area contributed by atoms with Crippen LogP contribution in [-0.4, -0.2) is 22.5 Å². The lowest BCUT2D eigenvalue weighted by Crippen LogP contribution is -2.06. The van der Waals surface area contributed by atoms with Crippen molar-refractivity contribution in [3.8, 4) is 10.8 Å². The van der Waals surface area contributed by atoms with Crippen LogP contribution in [0.3, 0.4) is 0 Å². The summed E-state index contributed by atoms with van der Waals surface area (Å²) in [5.74, 6) is 0.893. The molecule has 0 aliphatic rings. The fourth-order valence-electron chi connectivity index (χ4n) is 1.92. The maximum Gasteiger partial charge on any atom is 0.339 e. The number of hydrogen-bond donors (Lipinski definition) is 1. The van der Waals surface area contributed by atoms with Crippen molar-refractivity contribution >= 4 is 23.1 Å². The molecule has 118 valence electrons. The second-order valence-electron chi connectivity index (χ2n) is 4.63. The Morgan fingerprint density at radius 1 is 1.39 bits per heavy atom. The van der Waals surface area contributed by atoms with Gasteiger partial charge >= 0.3 is 5.97 Å². The molecule has 0 aromatic carbocycles. The molecular weight excluding hydrogens is 314 g/mol. The number of ether oxygens (including phenoxy) is 1. The molecule has 3 aromatic heterocycles. The van der Waals surface area contributed by atoms with Crippen molar-refractivity contribution in [1.29, 1.82) is 0 Å². The van der Waals surface area contributed by atoms with Gasteiger partial charge in [0.05, 0.1) is 29.3 Å². The van der Waals surface area contributed by atoms with Crippen LogP contribution in [0.2, 0.25) is 0 Å². The van der Waals surface area contributed by atoms with Crippen LogP contribution in [0.1, 0.15) is 23.0 Å². The van der Waals surface area contributed by atoms with E-state index in [2.05, 4.69) is 15.3 Å². The van der Waals surface area contributed by atoms with Gasteiger partial charge < -0.3 is 14.5 Å². The Morgan fingerprint density at radius 3 is 3.00 bits per heavy atom. The molecule has 0 radical (unpaired) electrons. The summed E-state index contributed by atoms with van der Waals surface area (Å²) in [5.41, 5.74) is 1.21. The van der Waals surface area contributed by atoms with E-state index in [1.807, 2.05) is 17.5 Å². The Labute approximate surface area is 137 Å². The summed E-state index contributed by atoms with van der Waals surface area (Å²) < 4.78 is 10.4. The molecular formula is C16H15N3O3S. The monoisotopic (exact) mass is 329 g/mol. The largest absolute Gasteiger partial charge is 0.462 e. The lowest BCUT2D eigenvalue weighted by Gasteiger charge is -2.04. The molecule has 0 aliphatic carbocycles. The highest BCUT2D eigenvalue weighted by atomic mass is 32.1. The average Bonchev–Trinajstić information content (AvgIpc) is 3.25. The number of nitrogens with one attached hydrogen (secondary N) is 1. The molecule has 0 spiro atoms. The first-order valence-electron chi connectivity index (χ1n) is 7.11. The molecule has 3 rings (SSSR count). The number of pyridine rings is 1. The third kappa shape index (κ3) is 3.75. The summed E-state index contributed by atoms with van der Waals surface area (Å²) in [7, 11) is 0. The fraction of sp³-hybridized carbons (Fsp3) is 0.188. The molecule has 0 aliphatic heterocycles. The topological polar surface area (TPSA) is 77.2 Å². The smallest absolute Gasteiger partial charge is 0.339 e. The van der Waals surface area contributed by atoms with Crippen LogP contribution >= 0.6 is 11.3 Å². The number of aromatic nitrogens is 2. The molecule has 0 atom stereocenters. The van der Waals surface area contributed by atoms with Crippen LogP contribution in [-0.2, 0) is 11.3 Å². The van der Waals surface area contributed by atoms with E-state index in [1.54, 1.807) is 36.7 Å². The van der Waals surface area contributed by atoms with Crippen molar-refractivity contribution in [2.75, 3.05) is 11.9 Å². The van der Waals surface area contributed by atoms with Gasteiger partial charge in [-0.2, -0.15) is 0 Å². The predicted molar refractivity (Wildman–Crippen MR) is 87.3 cm³/mol. The Balaban J connectivity index is 1.59. The zero-order valence-corrected chi connectivity index (χ0v) is 13.3. The number of hydrogen-bond acceptors (Lipinski definition) is 7. The number of carbonyl (C=O) groups excluding carboxylic acids is 1. The van der Waals surface area contributed by atoms with E-state index in [9.17, 15) is 4.79 Å². The molecule has 0 bridgehead atoms. The third-order valence-electron chi connectivity index (χ3n) is 3.01. The molecule has 6 nitrogen and oxygen atoms in total.